The van der Waals surface area contributed by atoms with Crippen LogP contribution in [0, 0.1) is 0 Å². The molecule has 1 aliphatic heterocycles. The van der Waals surface area contributed by atoms with Crippen LogP contribution in [-0.2, 0) is 16.1 Å². The summed E-state index contributed by atoms with van der Waals surface area (Å²) in [7, 11) is 3.10. The van der Waals surface area contributed by atoms with Crippen molar-refractivity contribution in [2.45, 2.75) is 19.5 Å². The number of para-hydroxylation sites is 1. The minimum atomic E-state index is -0.863. The zero-order valence-corrected chi connectivity index (χ0v) is 29.7. The second-order valence-corrected chi connectivity index (χ2v) is 13.3. The van der Waals surface area contributed by atoms with Crippen LogP contribution < -0.4 is 24.4 Å². The number of carbonyl (C=O) groups excluding carboxylic acids is 1. The summed E-state index contributed by atoms with van der Waals surface area (Å²) in [4.78, 5) is 33.9. The van der Waals surface area contributed by atoms with Crippen molar-refractivity contribution in [2.75, 3.05) is 20.8 Å². The number of hydrogen-bond acceptors (Lipinski definition) is 7. The fraction of sp³-hybridized carbons (Fsp3) is 0.154. The fourth-order valence-electron chi connectivity index (χ4n) is 6.28. The molecule has 0 unspecified atom stereocenters. The molecule has 50 heavy (non-hydrogen) atoms. The molecule has 0 amide bonds. The third kappa shape index (κ3) is 6.13. The van der Waals surface area contributed by atoms with Gasteiger partial charge in [-0.25, -0.2) is 9.79 Å². The van der Waals surface area contributed by atoms with Crippen LogP contribution in [-0.4, -0.2) is 35.9 Å². The molecule has 0 spiro atoms. The molecule has 0 aliphatic carbocycles. The second kappa shape index (κ2) is 14.0. The van der Waals surface area contributed by atoms with Crippen LogP contribution in [0.15, 0.2) is 113 Å². The number of nitrogens with zero attached hydrogens (tertiary/aromatic N) is 3. The maximum atomic E-state index is 14.6. The number of methoxy groups -OCH3 is 2. The summed E-state index contributed by atoms with van der Waals surface area (Å²) in [6, 6.07) is 27.6. The van der Waals surface area contributed by atoms with Gasteiger partial charge in [0.15, 0.2) is 16.3 Å². The molecule has 11 heteroatoms. The molecular formula is C39H31Cl2N3O5S. The van der Waals surface area contributed by atoms with E-state index in [0.717, 1.165) is 27.6 Å². The summed E-state index contributed by atoms with van der Waals surface area (Å²) >= 11 is 13.8. The summed E-state index contributed by atoms with van der Waals surface area (Å²) in [5, 5.41) is 1.96. The molecule has 0 radical (unpaired) electrons. The predicted octanol–water partition coefficient (Wildman–Crippen LogP) is 7.26. The van der Waals surface area contributed by atoms with E-state index in [-0.39, 0.29) is 17.7 Å². The van der Waals surface area contributed by atoms with E-state index >= 15 is 0 Å². The van der Waals surface area contributed by atoms with Gasteiger partial charge in [-0.3, -0.25) is 9.36 Å². The molecule has 2 aromatic heterocycles. The van der Waals surface area contributed by atoms with E-state index in [2.05, 4.69) is 4.57 Å². The molecule has 3 heterocycles. The van der Waals surface area contributed by atoms with Crippen molar-refractivity contribution in [3.63, 3.8) is 0 Å². The van der Waals surface area contributed by atoms with Crippen LogP contribution in [0.4, 0.5) is 0 Å². The van der Waals surface area contributed by atoms with E-state index in [9.17, 15) is 9.59 Å². The van der Waals surface area contributed by atoms with Crippen LogP contribution in [0.25, 0.3) is 22.7 Å². The van der Waals surface area contributed by atoms with Crippen LogP contribution in [0.3, 0.4) is 0 Å². The summed E-state index contributed by atoms with van der Waals surface area (Å²) in [6.07, 6.45) is 3.91. The standard InChI is InChI=1S/C39H31Cl2N3O5S/c1-4-49-38(46)34-35(24-10-6-5-7-11-24)42-39-44(36(34)25-15-17-31(47-2)32(19-25)48-3)37(45)33(50-39)20-26-22-43(30-13-9-8-12-27(26)30)21-23-14-16-28(40)29(41)18-23/h5-20,22,36H,4,21H2,1-3H3/b33-20+/t36-/m1/s1. The highest BCUT2D eigenvalue weighted by molar-refractivity contribution is 7.07. The molecule has 0 bridgehead atoms. The van der Waals surface area contributed by atoms with Gasteiger partial charge in [0.25, 0.3) is 5.56 Å². The van der Waals surface area contributed by atoms with Gasteiger partial charge in [0.2, 0.25) is 0 Å². The van der Waals surface area contributed by atoms with Gasteiger partial charge < -0.3 is 18.8 Å². The average molecular weight is 725 g/mol. The molecule has 7 rings (SSSR count). The lowest BCUT2D eigenvalue weighted by Gasteiger charge is -2.26. The van der Waals surface area contributed by atoms with E-state index in [1.54, 1.807) is 43.9 Å². The largest absolute Gasteiger partial charge is 0.493 e. The maximum Gasteiger partial charge on any atom is 0.338 e. The Hall–Kier alpha value is -5.09. The lowest BCUT2D eigenvalue weighted by molar-refractivity contribution is -0.138. The highest BCUT2D eigenvalue weighted by Gasteiger charge is 2.35. The SMILES string of the molecule is CCOC(=O)C1=C(c2ccccc2)N=c2s/c(=C/c3cn(Cc4ccc(Cl)c(Cl)c4)c4ccccc34)c(=O)n2[C@@H]1c1ccc(OC)c(OC)c1. The van der Waals surface area contributed by atoms with Crippen LogP contribution in [0.5, 0.6) is 11.5 Å². The van der Waals surface area contributed by atoms with Gasteiger partial charge in [0.05, 0.1) is 52.7 Å². The van der Waals surface area contributed by atoms with E-state index in [4.69, 9.17) is 42.4 Å². The number of aromatic nitrogens is 2. The number of fused-ring (bicyclic) bond motifs is 2. The third-order valence-electron chi connectivity index (χ3n) is 8.54. The van der Waals surface area contributed by atoms with Crippen LogP contribution in [0.2, 0.25) is 10.0 Å². The average Bonchev–Trinajstić information content (AvgIpc) is 3.64. The first kappa shape index (κ1) is 33.4. The maximum absolute atomic E-state index is 14.6. The molecule has 0 N–H and O–H groups in total. The fourth-order valence-corrected chi connectivity index (χ4v) is 7.59. The van der Waals surface area contributed by atoms with Gasteiger partial charge in [-0.1, -0.05) is 95.2 Å². The molecule has 0 saturated heterocycles. The number of hydrogen-bond donors (Lipinski definition) is 0. The Morgan fingerprint density at radius 3 is 2.42 bits per heavy atom. The summed E-state index contributed by atoms with van der Waals surface area (Å²) < 4.78 is 20.9. The summed E-state index contributed by atoms with van der Waals surface area (Å²) in [5.41, 5.74) is 4.62. The lowest BCUT2D eigenvalue weighted by Crippen LogP contribution is -2.40. The van der Waals surface area contributed by atoms with Gasteiger partial charge in [-0.15, -0.1) is 0 Å². The molecule has 1 atom stereocenters. The monoisotopic (exact) mass is 723 g/mol. The minimum Gasteiger partial charge on any atom is -0.493 e. The molecule has 6 aromatic rings. The highest BCUT2D eigenvalue weighted by atomic mass is 35.5. The quantitative estimate of drug-likeness (QED) is 0.147. The Balaban J connectivity index is 1.45. The molecule has 1 aliphatic rings. The number of carbonyl (C=O) groups is 1. The van der Waals surface area contributed by atoms with E-state index < -0.39 is 12.0 Å². The first-order chi connectivity index (χ1) is 24.3. The number of halogens is 2. The van der Waals surface area contributed by atoms with Crippen molar-refractivity contribution in [2.24, 2.45) is 4.99 Å². The number of benzene rings is 4. The number of thiazole rings is 1. The molecule has 4 aromatic carbocycles. The van der Waals surface area contributed by atoms with Crippen molar-refractivity contribution in [3.05, 3.63) is 155 Å². The zero-order chi connectivity index (χ0) is 34.9. The number of esters is 1. The van der Waals surface area contributed by atoms with Gasteiger partial charge in [0, 0.05) is 34.8 Å². The number of ether oxygens (including phenoxy) is 3. The van der Waals surface area contributed by atoms with Gasteiger partial charge in [-0.05, 0) is 54.5 Å². The zero-order valence-electron chi connectivity index (χ0n) is 27.4. The Labute approximate surface area is 301 Å². The van der Waals surface area contributed by atoms with E-state index in [0.29, 0.717) is 48.7 Å². The highest BCUT2D eigenvalue weighted by Crippen LogP contribution is 2.38. The summed E-state index contributed by atoms with van der Waals surface area (Å²) in [6.45, 7) is 2.45. The Kier molecular flexibility index (Phi) is 9.38. The summed E-state index contributed by atoms with van der Waals surface area (Å²) in [5.74, 6) is 0.420. The van der Waals surface area contributed by atoms with Gasteiger partial charge >= 0.3 is 5.97 Å². The Morgan fingerprint density at radius 1 is 0.920 bits per heavy atom. The molecule has 252 valence electrons. The van der Waals surface area contributed by atoms with Gasteiger partial charge in [0.1, 0.15) is 0 Å². The molecule has 0 fully saturated rings. The van der Waals surface area contributed by atoms with Crippen molar-refractivity contribution in [3.8, 4) is 11.5 Å². The normalized spacial score (nSPS) is 14.4. The first-order valence-electron chi connectivity index (χ1n) is 15.8. The van der Waals surface area contributed by atoms with Crippen LogP contribution >= 0.6 is 34.5 Å². The Bertz CT molecular complexity index is 2480. The van der Waals surface area contributed by atoms with Crippen molar-refractivity contribution in [1.29, 1.82) is 0 Å². The number of rotatable bonds is 9. The lowest BCUT2D eigenvalue weighted by atomic mass is 9.93. The molecule has 8 nitrogen and oxygen atoms in total. The second-order valence-electron chi connectivity index (χ2n) is 11.5. The van der Waals surface area contributed by atoms with Crippen LogP contribution in [0.1, 0.15) is 35.2 Å². The van der Waals surface area contributed by atoms with Crippen molar-refractivity contribution < 1.29 is 19.0 Å². The topological polar surface area (TPSA) is 84.1 Å². The van der Waals surface area contributed by atoms with Crippen molar-refractivity contribution >= 4 is 63.2 Å². The molecular weight excluding hydrogens is 693 g/mol. The molecule has 0 saturated carbocycles. The first-order valence-corrected chi connectivity index (χ1v) is 17.4. The van der Waals surface area contributed by atoms with E-state index in [1.807, 2.05) is 85.1 Å². The minimum absolute atomic E-state index is 0.153. The van der Waals surface area contributed by atoms with Crippen molar-refractivity contribution in [1.82, 2.24) is 9.13 Å². The van der Waals surface area contributed by atoms with Gasteiger partial charge in [-0.2, -0.15) is 0 Å². The smallest absolute Gasteiger partial charge is 0.338 e. The van der Waals surface area contributed by atoms with E-state index in [1.165, 1.54) is 11.3 Å². The third-order valence-corrected chi connectivity index (χ3v) is 10.3. The predicted molar refractivity (Wildman–Crippen MR) is 198 cm³/mol. The Morgan fingerprint density at radius 2 is 1.68 bits per heavy atom.